The van der Waals surface area contributed by atoms with Gasteiger partial charge in [0.05, 0.1) is 11.7 Å². The lowest BCUT2D eigenvalue weighted by molar-refractivity contribution is 0.574. The molecule has 0 fully saturated rings. The molecule has 3 heterocycles. The molecule has 0 aliphatic carbocycles. The van der Waals surface area contributed by atoms with Crippen molar-refractivity contribution in [3.05, 3.63) is 39.7 Å². The fraction of sp³-hybridized carbons (Fsp3) is 0.500. The fourth-order valence-electron chi connectivity index (χ4n) is 2.73. The summed E-state index contributed by atoms with van der Waals surface area (Å²) in [5.74, 6) is 0.979. The molecule has 112 valence electrons. The molecule has 2 aromatic rings. The molecule has 1 N–H and O–H groups in total. The van der Waals surface area contributed by atoms with Crippen LogP contribution >= 0.6 is 11.3 Å². The quantitative estimate of drug-likeness (QED) is 0.942. The van der Waals surface area contributed by atoms with E-state index in [2.05, 4.69) is 64.8 Å². The van der Waals surface area contributed by atoms with E-state index in [1.807, 2.05) is 11.3 Å². The Kier molecular flexibility index (Phi) is 4.22. The van der Waals surface area contributed by atoms with Gasteiger partial charge in [0.2, 0.25) is 0 Å². The van der Waals surface area contributed by atoms with Crippen LogP contribution in [0.4, 0.5) is 5.82 Å². The van der Waals surface area contributed by atoms with Crippen molar-refractivity contribution in [2.45, 2.75) is 45.8 Å². The second kappa shape index (κ2) is 6.12. The highest BCUT2D eigenvalue weighted by atomic mass is 32.1. The van der Waals surface area contributed by atoms with Crippen molar-refractivity contribution in [2.24, 2.45) is 0 Å². The van der Waals surface area contributed by atoms with Crippen LogP contribution in [0.3, 0.4) is 0 Å². The third kappa shape index (κ3) is 3.09. The SMILES string of the molecule is CC(C)NCc1ccc(N2CCc3sccc3C2C)nn1. The van der Waals surface area contributed by atoms with E-state index in [1.165, 1.54) is 10.4 Å². The molecule has 4 nitrogen and oxygen atoms in total. The van der Waals surface area contributed by atoms with Crippen molar-refractivity contribution in [3.8, 4) is 0 Å². The van der Waals surface area contributed by atoms with Crippen molar-refractivity contribution >= 4 is 17.2 Å². The first-order valence-electron chi connectivity index (χ1n) is 7.54. The minimum Gasteiger partial charge on any atom is -0.348 e. The number of nitrogens with zero attached hydrogens (tertiary/aromatic N) is 3. The Labute approximate surface area is 130 Å². The first-order chi connectivity index (χ1) is 10.1. The van der Waals surface area contributed by atoms with E-state index in [9.17, 15) is 0 Å². The average molecular weight is 302 g/mol. The Morgan fingerprint density at radius 3 is 2.90 bits per heavy atom. The largest absolute Gasteiger partial charge is 0.348 e. The van der Waals surface area contributed by atoms with E-state index >= 15 is 0 Å². The molecule has 5 heteroatoms. The van der Waals surface area contributed by atoms with Crippen LogP contribution in [0.5, 0.6) is 0 Å². The molecule has 0 saturated heterocycles. The van der Waals surface area contributed by atoms with E-state index in [0.29, 0.717) is 12.1 Å². The molecular weight excluding hydrogens is 280 g/mol. The molecule has 1 atom stereocenters. The summed E-state index contributed by atoms with van der Waals surface area (Å²) in [7, 11) is 0. The lowest BCUT2D eigenvalue weighted by Gasteiger charge is -2.34. The van der Waals surface area contributed by atoms with Crippen LogP contribution in [0.1, 0.15) is 42.9 Å². The normalized spacial score (nSPS) is 18.1. The van der Waals surface area contributed by atoms with Gasteiger partial charge in [0.25, 0.3) is 0 Å². The van der Waals surface area contributed by atoms with Crippen molar-refractivity contribution in [3.63, 3.8) is 0 Å². The third-order valence-corrected chi connectivity index (χ3v) is 4.97. The highest BCUT2D eigenvalue weighted by molar-refractivity contribution is 7.10. The summed E-state index contributed by atoms with van der Waals surface area (Å²) in [6.45, 7) is 8.31. The third-order valence-electron chi connectivity index (χ3n) is 3.97. The van der Waals surface area contributed by atoms with Crippen molar-refractivity contribution in [1.82, 2.24) is 15.5 Å². The van der Waals surface area contributed by atoms with Gasteiger partial charge in [-0.2, -0.15) is 5.10 Å². The molecule has 2 aromatic heterocycles. The van der Waals surface area contributed by atoms with Crippen LogP contribution in [-0.4, -0.2) is 22.8 Å². The Balaban J connectivity index is 1.73. The second-order valence-electron chi connectivity index (χ2n) is 5.84. The Hall–Kier alpha value is -1.46. The van der Waals surface area contributed by atoms with Crippen molar-refractivity contribution < 1.29 is 0 Å². The Morgan fingerprint density at radius 2 is 2.19 bits per heavy atom. The number of aromatic nitrogens is 2. The van der Waals surface area contributed by atoms with Crippen LogP contribution in [-0.2, 0) is 13.0 Å². The molecule has 0 bridgehead atoms. The summed E-state index contributed by atoms with van der Waals surface area (Å²) < 4.78 is 0. The summed E-state index contributed by atoms with van der Waals surface area (Å²) in [6, 6.07) is 7.26. The van der Waals surface area contributed by atoms with Gasteiger partial charge in [-0.1, -0.05) is 13.8 Å². The summed E-state index contributed by atoms with van der Waals surface area (Å²) in [4.78, 5) is 3.87. The molecular formula is C16H22N4S. The van der Waals surface area contributed by atoms with Crippen LogP contribution in [0, 0.1) is 0 Å². The summed E-state index contributed by atoms with van der Waals surface area (Å²) in [5, 5.41) is 14.3. The number of fused-ring (bicyclic) bond motifs is 1. The molecule has 0 saturated carbocycles. The minimum absolute atomic E-state index is 0.383. The van der Waals surface area contributed by atoms with E-state index in [-0.39, 0.29) is 0 Å². The maximum atomic E-state index is 4.43. The van der Waals surface area contributed by atoms with Gasteiger partial charge in [0.1, 0.15) is 0 Å². The molecule has 21 heavy (non-hydrogen) atoms. The topological polar surface area (TPSA) is 41.0 Å². The number of nitrogens with one attached hydrogen (secondary N) is 1. The van der Waals surface area contributed by atoms with Gasteiger partial charge in [-0.05, 0) is 42.5 Å². The smallest absolute Gasteiger partial charge is 0.151 e. The standard InChI is InChI=1S/C16H22N4S/c1-11(2)17-10-13-4-5-16(19-18-13)20-8-6-15-14(12(20)3)7-9-21-15/h4-5,7,9,11-12,17H,6,8,10H2,1-3H3. The zero-order valence-corrected chi connectivity index (χ0v) is 13.7. The summed E-state index contributed by atoms with van der Waals surface area (Å²) in [6.07, 6.45) is 1.11. The number of anilines is 1. The average Bonchev–Trinajstić information content (AvgIpc) is 2.96. The van der Waals surface area contributed by atoms with E-state index in [1.54, 1.807) is 0 Å². The predicted octanol–water partition coefficient (Wildman–Crippen LogP) is 3.16. The maximum Gasteiger partial charge on any atom is 0.151 e. The molecule has 0 spiro atoms. The van der Waals surface area contributed by atoms with Gasteiger partial charge in [-0.15, -0.1) is 16.4 Å². The summed E-state index contributed by atoms with van der Waals surface area (Å²) in [5.41, 5.74) is 2.44. The van der Waals surface area contributed by atoms with Gasteiger partial charge in [-0.3, -0.25) is 0 Å². The van der Waals surface area contributed by atoms with E-state index < -0.39 is 0 Å². The van der Waals surface area contributed by atoms with E-state index in [4.69, 9.17) is 0 Å². The first-order valence-corrected chi connectivity index (χ1v) is 8.42. The molecule has 0 radical (unpaired) electrons. The Bertz CT molecular complexity index is 591. The second-order valence-corrected chi connectivity index (χ2v) is 6.84. The molecule has 1 aliphatic heterocycles. The van der Waals surface area contributed by atoms with Gasteiger partial charge in [0, 0.05) is 24.0 Å². The fourth-order valence-corrected chi connectivity index (χ4v) is 3.69. The molecule has 0 amide bonds. The van der Waals surface area contributed by atoms with Crippen LogP contribution in [0.15, 0.2) is 23.6 Å². The monoisotopic (exact) mass is 302 g/mol. The van der Waals surface area contributed by atoms with Gasteiger partial charge in [-0.25, -0.2) is 0 Å². The van der Waals surface area contributed by atoms with Crippen LogP contribution < -0.4 is 10.2 Å². The van der Waals surface area contributed by atoms with Crippen molar-refractivity contribution in [1.29, 1.82) is 0 Å². The highest BCUT2D eigenvalue weighted by Crippen LogP contribution is 2.34. The number of thiophene rings is 1. The number of rotatable bonds is 4. The van der Waals surface area contributed by atoms with Crippen LogP contribution in [0.25, 0.3) is 0 Å². The lowest BCUT2D eigenvalue weighted by Crippen LogP contribution is -2.34. The number of hydrogen-bond donors (Lipinski definition) is 1. The van der Waals surface area contributed by atoms with E-state index in [0.717, 1.165) is 31.0 Å². The molecule has 0 aromatic carbocycles. The maximum absolute atomic E-state index is 4.43. The predicted molar refractivity (Wildman–Crippen MR) is 87.8 cm³/mol. The highest BCUT2D eigenvalue weighted by Gasteiger charge is 2.25. The summed E-state index contributed by atoms with van der Waals surface area (Å²) >= 11 is 1.87. The molecule has 1 unspecified atom stereocenters. The zero-order chi connectivity index (χ0) is 14.8. The molecule has 1 aliphatic rings. The number of hydrogen-bond acceptors (Lipinski definition) is 5. The van der Waals surface area contributed by atoms with Crippen molar-refractivity contribution in [2.75, 3.05) is 11.4 Å². The minimum atomic E-state index is 0.383. The first kappa shape index (κ1) is 14.5. The zero-order valence-electron chi connectivity index (χ0n) is 12.8. The van der Waals surface area contributed by atoms with Gasteiger partial charge >= 0.3 is 0 Å². The lowest BCUT2D eigenvalue weighted by atomic mass is 10.0. The van der Waals surface area contributed by atoms with Gasteiger partial charge in [0.15, 0.2) is 5.82 Å². The van der Waals surface area contributed by atoms with Crippen LogP contribution in [0.2, 0.25) is 0 Å². The molecule has 3 rings (SSSR count). The van der Waals surface area contributed by atoms with Gasteiger partial charge < -0.3 is 10.2 Å². The Morgan fingerprint density at radius 1 is 1.33 bits per heavy atom.